The molecule has 4 rings (SSSR count). The second-order valence-electron chi connectivity index (χ2n) is 8.42. The van der Waals surface area contributed by atoms with Crippen LogP contribution in [0, 0.1) is 12.8 Å². The molecule has 0 aliphatic rings. The van der Waals surface area contributed by atoms with Crippen molar-refractivity contribution in [1.82, 2.24) is 40.5 Å². The molecule has 1 atom stereocenters. The fourth-order valence-corrected chi connectivity index (χ4v) is 3.44. The number of nitrogens with zero attached hydrogens (tertiary/aromatic N) is 7. The highest BCUT2D eigenvalue weighted by Gasteiger charge is 2.18. The van der Waals surface area contributed by atoms with Crippen LogP contribution in [-0.4, -0.2) is 41.1 Å². The summed E-state index contributed by atoms with van der Waals surface area (Å²) < 4.78 is 1.68. The van der Waals surface area contributed by atoms with E-state index in [-0.39, 0.29) is 11.9 Å². The van der Waals surface area contributed by atoms with E-state index in [4.69, 9.17) is 0 Å². The summed E-state index contributed by atoms with van der Waals surface area (Å²) in [7, 11) is 0. The van der Waals surface area contributed by atoms with Crippen molar-refractivity contribution in [2.75, 3.05) is 0 Å². The summed E-state index contributed by atoms with van der Waals surface area (Å²) in [6, 6.07) is 9.18. The molecule has 1 unspecified atom stereocenters. The zero-order valence-corrected chi connectivity index (χ0v) is 19.1. The lowest BCUT2D eigenvalue weighted by atomic mass is 10.0. The fourth-order valence-electron chi connectivity index (χ4n) is 3.44. The number of aryl methyl sites for hydroxylation is 1. The first-order valence-corrected chi connectivity index (χ1v) is 10.8. The normalized spacial score (nSPS) is 12.0. The van der Waals surface area contributed by atoms with E-state index in [9.17, 15) is 4.79 Å². The Morgan fingerprint density at radius 3 is 2.61 bits per heavy atom. The van der Waals surface area contributed by atoms with Crippen LogP contribution in [0.2, 0.25) is 0 Å². The summed E-state index contributed by atoms with van der Waals surface area (Å²) in [5.41, 5.74) is 4.49. The molecule has 1 aromatic carbocycles. The Kier molecular flexibility index (Phi) is 6.48. The van der Waals surface area contributed by atoms with Gasteiger partial charge in [0, 0.05) is 36.1 Å². The number of benzene rings is 1. The molecule has 4 aromatic rings. The number of pyridine rings is 1. The van der Waals surface area contributed by atoms with E-state index >= 15 is 0 Å². The molecule has 3 heterocycles. The highest BCUT2D eigenvalue weighted by molar-refractivity contribution is 5.96. The van der Waals surface area contributed by atoms with Crippen molar-refractivity contribution in [2.45, 2.75) is 40.2 Å². The number of aromatic nitrogens is 7. The van der Waals surface area contributed by atoms with Gasteiger partial charge in [-0.2, -0.15) is 4.68 Å². The first-order chi connectivity index (χ1) is 15.9. The van der Waals surface area contributed by atoms with E-state index in [0.717, 1.165) is 22.6 Å². The predicted molar refractivity (Wildman–Crippen MR) is 124 cm³/mol. The highest BCUT2D eigenvalue weighted by atomic mass is 16.1. The van der Waals surface area contributed by atoms with Crippen LogP contribution in [-0.2, 0) is 6.42 Å². The van der Waals surface area contributed by atoms with Gasteiger partial charge in [-0.25, -0.2) is 0 Å². The maximum Gasteiger partial charge on any atom is 0.251 e. The first kappa shape index (κ1) is 22.2. The lowest BCUT2D eigenvalue weighted by Crippen LogP contribution is -2.27. The van der Waals surface area contributed by atoms with Crippen LogP contribution in [0.15, 0.2) is 55.1 Å². The summed E-state index contributed by atoms with van der Waals surface area (Å²) in [6.45, 7) is 8.08. The Labute approximate surface area is 192 Å². The maximum absolute atomic E-state index is 13.2. The molecule has 0 saturated carbocycles. The Hall–Kier alpha value is -4.01. The quantitative estimate of drug-likeness (QED) is 0.466. The van der Waals surface area contributed by atoms with Crippen molar-refractivity contribution in [3.8, 4) is 16.9 Å². The van der Waals surface area contributed by atoms with Crippen molar-refractivity contribution < 1.29 is 4.79 Å². The lowest BCUT2D eigenvalue weighted by Gasteiger charge is -2.15. The van der Waals surface area contributed by atoms with Crippen LogP contribution in [0.4, 0.5) is 0 Å². The molecule has 1 N–H and O–H groups in total. The molecule has 9 nitrogen and oxygen atoms in total. The molecule has 0 aliphatic heterocycles. The van der Waals surface area contributed by atoms with E-state index in [1.54, 1.807) is 35.5 Å². The van der Waals surface area contributed by atoms with Gasteiger partial charge in [0.05, 0.1) is 29.3 Å². The van der Waals surface area contributed by atoms with Gasteiger partial charge in [-0.05, 0) is 60.0 Å². The van der Waals surface area contributed by atoms with Gasteiger partial charge in [-0.3, -0.25) is 19.7 Å². The minimum atomic E-state index is -0.305. The third-order valence-electron chi connectivity index (χ3n) is 5.13. The topological polar surface area (TPSA) is 111 Å². The summed E-state index contributed by atoms with van der Waals surface area (Å²) in [5.74, 6) is 0.882. The largest absolute Gasteiger partial charge is 0.344 e. The summed E-state index contributed by atoms with van der Waals surface area (Å²) in [6.07, 6.45) is 7.36. The molecule has 3 aromatic heterocycles. The number of carbonyl (C=O) groups is 1. The van der Waals surface area contributed by atoms with Crippen LogP contribution in [0.25, 0.3) is 16.9 Å². The second-order valence-corrected chi connectivity index (χ2v) is 8.42. The SMILES string of the molecule is Cc1ccc(-c2cc(C(=O)NC(C)c3cnccn3)cc(-n3nnnc3CC(C)C)c2)nc1. The number of nitrogens with one attached hydrogen (secondary N) is 1. The van der Waals surface area contributed by atoms with Crippen molar-refractivity contribution >= 4 is 5.91 Å². The van der Waals surface area contributed by atoms with Gasteiger partial charge in [0.1, 0.15) is 0 Å². The van der Waals surface area contributed by atoms with Crippen molar-refractivity contribution in [1.29, 1.82) is 0 Å². The molecule has 0 fully saturated rings. The molecular weight excluding hydrogens is 416 g/mol. The first-order valence-electron chi connectivity index (χ1n) is 10.8. The third-order valence-corrected chi connectivity index (χ3v) is 5.13. The average molecular weight is 443 g/mol. The maximum atomic E-state index is 13.2. The van der Waals surface area contributed by atoms with Crippen molar-refractivity contribution in [3.05, 3.63) is 77.8 Å². The van der Waals surface area contributed by atoms with Crippen LogP contribution >= 0.6 is 0 Å². The molecular formula is C24H26N8O. The molecule has 0 saturated heterocycles. The van der Waals surface area contributed by atoms with E-state index in [1.807, 2.05) is 38.1 Å². The zero-order valence-electron chi connectivity index (χ0n) is 19.1. The zero-order chi connectivity index (χ0) is 23.4. The summed E-state index contributed by atoms with van der Waals surface area (Å²) in [4.78, 5) is 26.1. The number of amides is 1. The van der Waals surface area contributed by atoms with Crippen LogP contribution in [0.1, 0.15) is 54.3 Å². The van der Waals surface area contributed by atoms with Gasteiger partial charge in [-0.15, -0.1) is 5.10 Å². The number of hydrogen-bond acceptors (Lipinski definition) is 7. The van der Waals surface area contributed by atoms with E-state index < -0.39 is 0 Å². The molecule has 9 heteroatoms. The number of hydrogen-bond donors (Lipinski definition) is 1. The molecule has 1 amide bonds. The minimum absolute atomic E-state index is 0.234. The lowest BCUT2D eigenvalue weighted by molar-refractivity contribution is 0.0939. The van der Waals surface area contributed by atoms with Gasteiger partial charge >= 0.3 is 0 Å². The molecule has 0 bridgehead atoms. The molecule has 33 heavy (non-hydrogen) atoms. The second kappa shape index (κ2) is 9.64. The number of carbonyl (C=O) groups excluding carboxylic acids is 1. The molecule has 168 valence electrons. The third kappa shape index (κ3) is 5.25. The van der Waals surface area contributed by atoms with Crippen LogP contribution in [0.3, 0.4) is 0 Å². The fraction of sp³-hybridized carbons (Fsp3) is 0.292. The smallest absolute Gasteiger partial charge is 0.251 e. The van der Waals surface area contributed by atoms with Crippen molar-refractivity contribution in [2.24, 2.45) is 5.92 Å². The number of rotatable bonds is 7. The minimum Gasteiger partial charge on any atom is -0.344 e. The van der Waals surface area contributed by atoms with Gasteiger partial charge < -0.3 is 5.32 Å². The average Bonchev–Trinajstić information content (AvgIpc) is 3.27. The molecule has 0 aliphatic carbocycles. The summed E-state index contributed by atoms with van der Waals surface area (Å²) in [5, 5.41) is 15.2. The van der Waals surface area contributed by atoms with Crippen LogP contribution in [0.5, 0.6) is 0 Å². The van der Waals surface area contributed by atoms with Gasteiger partial charge in [0.15, 0.2) is 5.82 Å². The number of tetrazole rings is 1. The van der Waals surface area contributed by atoms with E-state index in [2.05, 4.69) is 49.6 Å². The van der Waals surface area contributed by atoms with E-state index in [1.165, 1.54) is 0 Å². The standard InChI is InChI=1S/C24H26N8O/c1-15(2)9-23-29-30-31-32(23)20-11-18(21-6-5-16(3)13-27-21)10-19(12-20)24(33)28-17(4)22-14-25-7-8-26-22/h5-8,10-15,17H,9H2,1-4H3,(H,28,33). The van der Waals surface area contributed by atoms with Gasteiger partial charge in [0.2, 0.25) is 0 Å². The van der Waals surface area contributed by atoms with Crippen molar-refractivity contribution in [3.63, 3.8) is 0 Å². The van der Waals surface area contributed by atoms with Gasteiger partial charge in [0.25, 0.3) is 5.91 Å². The molecule has 0 spiro atoms. The Balaban J connectivity index is 1.74. The highest BCUT2D eigenvalue weighted by Crippen LogP contribution is 2.24. The molecule has 0 radical (unpaired) electrons. The predicted octanol–water partition coefficient (Wildman–Crippen LogP) is 3.51. The Bertz CT molecular complexity index is 1240. The summed E-state index contributed by atoms with van der Waals surface area (Å²) >= 11 is 0. The Morgan fingerprint density at radius 2 is 1.91 bits per heavy atom. The van der Waals surface area contributed by atoms with Crippen LogP contribution < -0.4 is 5.32 Å². The van der Waals surface area contributed by atoms with Gasteiger partial charge in [-0.1, -0.05) is 19.9 Å². The monoisotopic (exact) mass is 442 g/mol. The van der Waals surface area contributed by atoms with E-state index in [0.29, 0.717) is 29.3 Å². The Morgan fingerprint density at radius 1 is 1.06 bits per heavy atom.